The number of nitrogens with two attached hydrogens (primary N) is 1. The number of benzene rings is 1. The Bertz CT molecular complexity index is 1150. The minimum Gasteiger partial charge on any atom is -0.383 e. The Morgan fingerprint density at radius 2 is 1.83 bits per heavy atom. The van der Waals surface area contributed by atoms with Crippen molar-refractivity contribution >= 4 is 29.0 Å². The summed E-state index contributed by atoms with van der Waals surface area (Å²) in [6, 6.07) is 6.73. The molecular formula is C26H37N5O4. The molecule has 4 N–H and O–H groups in total. The fourth-order valence-electron chi connectivity index (χ4n) is 4.50. The summed E-state index contributed by atoms with van der Waals surface area (Å²) in [5.74, 6) is -0.462. The molecule has 2 amide bonds. The Morgan fingerprint density at radius 3 is 2.51 bits per heavy atom. The molecule has 1 heterocycles. The molecule has 0 aliphatic heterocycles. The fraction of sp³-hybridized carbons (Fsp3) is 0.538. The van der Waals surface area contributed by atoms with E-state index in [1.54, 1.807) is 24.3 Å². The van der Waals surface area contributed by atoms with E-state index in [0.29, 0.717) is 30.6 Å². The summed E-state index contributed by atoms with van der Waals surface area (Å²) in [6.07, 6.45) is 8.04. The molecule has 0 radical (unpaired) electrons. The van der Waals surface area contributed by atoms with Crippen molar-refractivity contribution in [1.82, 2.24) is 9.55 Å². The van der Waals surface area contributed by atoms with Crippen molar-refractivity contribution in [3.63, 3.8) is 0 Å². The van der Waals surface area contributed by atoms with Crippen LogP contribution in [0.5, 0.6) is 0 Å². The van der Waals surface area contributed by atoms with Crippen molar-refractivity contribution in [3.8, 4) is 0 Å². The highest BCUT2D eigenvalue weighted by Crippen LogP contribution is 2.26. The van der Waals surface area contributed by atoms with E-state index in [1.165, 1.54) is 9.47 Å². The van der Waals surface area contributed by atoms with E-state index in [2.05, 4.69) is 10.3 Å². The average molecular weight is 484 g/mol. The third-order valence-corrected chi connectivity index (χ3v) is 6.55. The van der Waals surface area contributed by atoms with Crippen LogP contribution in [0.15, 0.2) is 33.9 Å². The Labute approximate surface area is 205 Å². The summed E-state index contributed by atoms with van der Waals surface area (Å²) in [5.41, 5.74) is 5.86. The second-order valence-corrected chi connectivity index (χ2v) is 9.21. The number of nitrogens with one attached hydrogen (secondary N) is 2. The molecular weight excluding hydrogens is 446 g/mol. The molecule has 35 heavy (non-hydrogen) atoms. The van der Waals surface area contributed by atoms with Crippen molar-refractivity contribution in [2.45, 2.75) is 78.2 Å². The third kappa shape index (κ3) is 6.41. The van der Waals surface area contributed by atoms with Gasteiger partial charge in [0.05, 0.1) is 0 Å². The first-order valence-electron chi connectivity index (χ1n) is 12.7. The summed E-state index contributed by atoms with van der Waals surface area (Å²) in [5, 5.41) is 2.94. The summed E-state index contributed by atoms with van der Waals surface area (Å²) >= 11 is 0. The Morgan fingerprint density at radius 1 is 1.11 bits per heavy atom. The van der Waals surface area contributed by atoms with Gasteiger partial charge >= 0.3 is 5.69 Å². The summed E-state index contributed by atoms with van der Waals surface area (Å²) in [6.45, 7) is 4.60. The number of nitrogen functional groups attached to an aromatic ring is 1. The number of rotatable bonds is 10. The van der Waals surface area contributed by atoms with Gasteiger partial charge in [0, 0.05) is 30.3 Å². The molecule has 1 aromatic carbocycles. The van der Waals surface area contributed by atoms with Crippen LogP contribution < -0.4 is 27.2 Å². The lowest BCUT2D eigenvalue weighted by atomic mass is 9.88. The lowest BCUT2D eigenvalue weighted by Gasteiger charge is -2.25. The molecule has 1 aliphatic carbocycles. The van der Waals surface area contributed by atoms with Gasteiger partial charge < -0.3 is 16.0 Å². The third-order valence-electron chi connectivity index (χ3n) is 6.55. The molecule has 0 unspecified atom stereocenters. The maximum atomic E-state index is 13.6. The smallest absolute Gasteiger partial charge is 0.330 e. The number of hydrogen-bond acceptors (Lipinski definition) is 5. The number of hydrogen-bond donors (Lipinski definition) is 3. The number of carbonyl (C=O) groups is 2. The number of amides is 2. The highest BCUT2D eigenvalue weighted by molar-refractivity contribution is 6.08. The zero-order valence-corrected chi connectivity index (χ0v) is 20.8. The summed E-state index contributed by atoms with van der Waals surface area (Å²) < 4.78 is 1.31. The molecule has 2 aromatic rings. The molecule has 190 valence electrons. The van der Waals surface area contributed by atoms with Crippen LogP contribution in [0.3, 0.4) is 0 Å². The van der Waals surface area contributed by atoms with E-state index in [4.69, 9.17) is 5.73 Å². The minimum absolute atomic E-state index is 0.00769. The van der Waals surface area contributed by atoms with Gasteiger partial charge in [0.1, 0.15) is 5.82 Å². The molecule has 1 aliphatic rings. The summed E-state index contributed by atoms with van der Waals surface area (Å²) in [7, 11) is 0. The van der Waals surface area contributed by atoms with Gasteiger partial charge in [-0.1, -0.05) is 52.0 Å². The zero-order valence-electron chi connectivity index (χ0n) is 20.8. The first-order valence-corrected chi connectivity index (χ1v) is 12.7. The van der Waals surface area contributed by atoms with Crippen molar-refractivity contribution in [2.24, 2.45) is 5.92 Å². The van der Waals surface area contributed by atoms with Gasteiger partial charge in [-0.2, -0.15) is 0 Å². The predicted octanol–water partition coefficient (Wildman–Crippen LogP) is 3.88. The number of unbranched alkanes of at least 4 members (excludes halogenated alkanes) is 2. The molecule has 0 saturated heterocycles. The number of carbonyl (C=O) groups excluding carboxylic acids is 2. The number of aromatic nitrogens is 2. The van der Waals surface area contributed by atoms with Gasteiger partial charge in [0.25, 0.3) is 11.5 Å². The Hall–Kier alpha value is -3.36. The van der Waals surface area contributed by atoms with E-state index < -0.39 is 17.2 Å². The van der Waals surface area contributed by atoms with E-state index >= 15 is 0 Å². The molecule has 1 fully saturated rings. The first-order chi connectivity index (χ1) is 16.9. The number of anilines is 3. The quantitative estimate of drug-likeness (QED) is 0.472. The molecule has 9 nitrogen and oxygen atoms in total. The summed E-state index contributed by atoms with van der Waals surface area (Å²) in [4.78, 5) is 55.1. The van der Waals surface area contributed by atoms with Crippen molar-refractivity contribution in [3.05, 3.63) is 50.7 Å². The topological polar surface area (TPSA) is 130 Å². The van der Waals surface area contributed by atoms with Gasteiger partial charge in [-0.05, 0) is 43.9 Å². The van der Waals surface area contributed by atoms with Gasteiger partial charge in [-0.3, -0.25) is 23.9 Å². The number of aromatic amines is 1. The maximum absolute atomic E-state index is 13.6. The van der Waals surface area contributed by atoms with E-state index in [1.807, 2.05) is 13.8 Å². The van der Waals surface area contributed by atoms with Crippen LogP contribution in [0.1, 0.15) is 82.0 Å². The van der Waals surface area contributed by atoms with Crippen LogP contribution >= 0.6 is 0 Å². The highest BCUT2D eigenvalue weighted by Gasteiger charge is 2.26. The standard InChI is InChI=1S/C26H37N5O4/c1-3-5-15-30(21-22(27)31(16-6-4-2)26(35)29-24(21)33)25(34)19-13-10-14-20(17-19)28-23(32)18-11-8-7-9-12-18/h10,13-14,17-18H,3-9,11-12,15-16,27H2,1-2H3,(H,28,32)(H,29,33,35). The van der Waals surface area contributed by atoms with Crippen LogP contribution in [-0.2, 0) is 11.3 Å². The highest BCUT2D eigenvalue weighted by atomic mass is 16.2. The maximum Gasteiger partial charge on any atom is 0.330 e. The largest absolute Gasteiger partial charge is 0.383 e. The lowest BCUT2D eigenvalue weighted by Crippen LogP contribution is -2.41. The molecule has 0 atom stereocenters. The van der Waals surface area contributed by atoms with Crippen LogP contribution in [0, 0.1) is 5.92 Å². The van der Waals surface area contributed by atoms with Gasteiger partial charge in [-0.25, -0.2) is 4.79 Å². The van der Waals surface area contributed by atoms with Crippen molar-refractivity contribution in [2.75, 3.05) is 22.5 Å². The molecule has 9 heteroatoms. The second kappa shape index (κ2) is 12.4. The van der Waals surface area contributed by atoms with Crippen LogP contribution in [0.4, 0.5) is 17.2 Å². The van der Waals surface area contributed by atoms with Crippen molar-refractivity contribution in [1.29, 1.82) is 0 Å². The SMILES string of the molecule is CCCCN(C(=O)c1cccc(NC(=O)C2CCCCC2)c1)c1c(N)n(CCCC)c(=O)[nH]c1=O. The van der Waals surface area contributed by atoms with Crippen LogP contribution in [0.25, 0.3) is 0 Å². The Balaban J connectivity index is 1.92. The molecule has 0 bridgehead atoms. The minimum atomic E-state index is -0.688. The zero-order chi connectivity index (χ0) is 25.4. The van der Waals surface area contributed by atoms with Crippen LogP contribution in [0.2, 0.25) is 0 Å². The number of H-pyrrole nitrogens is 1. The molecule has 3 rings (SSSR count). The normalized spacial score (nSPS) is 14.0. The Kier molecular flexibility index (Phi) is 9.28. The fourth-order valence-corrected chi connectivity index (χ4v) is 4.50. The number of nitrogens with zero attached hydrogens (tertiary/aromatic N) is 2. The average Bonchev–Trinajstić information content (AvgIpc) is 2.86. The van der Waals surface area contributed by atoms with Crippen LogP contribution in [-0.4, -0.2) is 27.9 Å². The van der Waals surface area contributed by atoms with E-state index in [9.17, 15) is 19.2 Å². The van der Waals surface area contributed by atoms with Gasteiger partial charge in [-0.15, -0.1) is 0 Å². The molecule has 0 spiro atoms. The molecule has 1 saturated carbocycles. The van der Waals surface area contributed by atoms with Gasteiger partial charge in [0.15, 0.2) is 5.69 Å². The van der Waals surface area contributed by atoms with Gasteiger partial charge in [0.2, 0.25) is 5.91 Å². The monoisotopic (exact) mass is 483 g/mol. The van der Waals surface area contributed by atoms with E-state index in [-0.39, 0.29) is 29.9 Å². The van der Waals surface area contributed by atoms with E-state index in [0.717, 1.165) is 44.9 Å². The first kappa shape index (κ1) is 26.2. The second-order valence-electron chi connectivity index (χ2n) is 9.21. The molecule has 1 aromatic heterocycles. The van der Waals surface area contributed by atoms with Crippen molar-refractivity contribution < 1.29 is 9.59 Å². The lowest BCUT2D eigenvalue weighted by molar-refractivity contribution is -0.120. The predicted molar refractivity (Wildman–Crippen MR) is 139 cm³/mol.